The summed E-state index contributed by atoms with van der Waals surface area (Å²) in [6.07, 6.45) is 2.99. The molecule has 1 heterocycles. The van der Waals surface area contributed by atoms with E-state index >= 15 is 0 Å². The first-order chi connectivity index (χ1) is 5.72. The minimum atomic E-state index is 0.257. The summed E-state index contributed by atoms with van der Waals surface area (Å²) in [5.74, 6) is 0.826. The molecular weight excluding hydrogens is 218 g/mol. The Bertz CT molecular complexity index is 235. The number of aromatic nitrogens is 1. The number of nitrogens with zero attached hydrogens (tertiary/aromatic N) is 1. The summed E-state index contributed by atoms with van der Waals surface area (Å²) in [6.45, 7) is 4.14. The Morgan fingerprint density at radius 3 is 2.83 bits per heavy atom. The second-order valence-electron chi connectivity index (χ2n) is 2.65. The van der Waals surface area contributed by atoms with Gasteiger partial charge in [0.05, 0.1) is 12.3 Å². The van der Waals surface area contributed by atoms with E-state index in [1.165, 1.54) is 0 Å². The second kappa shape index (κ2) is 4.45. The van der Waals surface area contributed by atoms with Crippen molar-refractivity contribution >= 4 is 15.9 Å². The molecule has 0 saturated heterocycles. The summed E-state index contributed by atoms with van der Waals surface area (Å²) >= 11 is 3.26. The minimum Gasteiger partial charge on any atom is -0.489 e. The van der Waals surface area contributed by atoms with Crippen molar-refractivity contribution in [2.45, 2.75) is 26.4 Å². The number of ether oxygens (including phenoxy) is 1. The molecule has 0 saturated carbocycles. The fourth-order valence-corrected chi connectivity index (χ4v) is 0.982. The highest BCUT2D eigenvalue weighted by Gasteiger charge is 2.00. The molecule has 0 radical (unpaired) electrons. The van der Waals surface area contributed by atoms with Crippen LogP contribution in [0.5, 0.6) is 5.75 Å². The molecule has 0 unspecified atom stereocenters. The zero-order valence-corrected chi connectivity index (χ0v) is 8.84. The second-order valence-corrected chi connectivity index (χ2v) is 3.47. The van der Waals surface area contributed by atoms with Gasteiger partial charge in [0, 0.05) is 0 Å². The van der Waals surface area contributed by atoms with Crippen molar-refractivity contribution in [1.29, 1.82) is 0 Å². The molecular formula is C9H12BrNO. The molecule has 2 nitrogen and oxygen atoms in total. The van der Waals surface area contributed by atoms with Gasteiger partial charge < -0.3 is 4.74 Å². The quantitative estimate of drug-likeness (QED) is 0.744. The molecule has 0 aliphatic carbocycles. The van der Waals surface area contributed by atoms with E-state index in [2.05, 4.69) is 27.8 Å². The molecule has 1 rings (SSSR count). The first-order valence-electron chi connectivity index (χ1n) is 4.00. The van der Waals surface area contributed by atoms with Crippen LogP contribution in [0.3, 0.4) is 0 Å². The highest BCUT2D eigenvalue weighted by atomic mass is 79.9. The number of hydrogen-bond donors (Lipinski definition) is 0. The molecule has 0 N–H and O–H groups in total. The SMILES string of the molecule is CC[C@@H](C)Oc1ccc(Br)nc1. The Kier molecular flexibility index (Phi) is 3.53. The van der Waals surface area contributed by atoms with Crippen molar-refractivity contribution in [1.82, 2.24) is 4.98 Å². The van der Waals surface area contributed by atoms with Gasteiger partial charge in [0.2, 0.25) is 0 Å². The van der Waals surface area contributed by atoms with Gasteiger partial charge in [0.25, 0.3) is 0 Å². The largest absolute Gasteiger partial charge is 0.489 e. The maximum absolute atomic E-state index is 5.54. The maximum atomic E-state index is 5.54. The van der Waals surface area contributed by atoms with Crippen molar-refractivity contribution in [2.24, 2.45) is 0 Å². The Labute approximate surface area is 81.1 Å². The highest BCUT2D eigenvalue weighted by Crippen LogP contribution is 2.14. The lowest BCUT2D eigenvalue weighted by Gasteiger charge is -2.11. The third kappa shape index (κ3) is 2.81. The fraction of sp³-hybridized carbons (Fsp3) is 0.444. The average molecular weight is 230 g/mol. The molecule has 12 heavy (non-hydrogen) atoms. The van der Waals surface area contributed by atoms with Crippen LogP contribution in [0.4, 0.5) is 0 Å². The Morgan fingerprint density at radius 2 is 2.33 bits per heavy atom. The van der Waals surface area contributed by atoms with E-state index in [4.69, 9.17) is 4.74 Å². The smallest absolute Gasteiger partial charge is 0.138 e. The highest BCUT2D eigenvalue weighted by molar-refractivity contribution is 9.10. The van der Waals surface area contributed by atoms with E-state index in [0.29, 0.717) is 0 Å². The molecule has 0 spiro atoms. The summed E-state index contributed by atoms with van der Waals surface area (Å²) in [4.78, 5) is 4.06. The molecule has 0 aliphatic rings. The van der Waals surface area contributed by atoms with Gasteiger partial charge in [0.15, 0.2) is 0 Å². The van der Waals surface area contributed by atoms with Gasteiger partial charge in [-0.3, -0.25) is 0 Å². The molecule has 0 bridgehead atoms. The number of halogens is 1. The van der Waals surface area contributed by atoms with Crippen LogP contribution in [0.1, 0.15) is 20.3 Å². The van der Waals surface area contributed by atoms with Crippen molar-refractivity contribution in [2.75, 3.05) is 0 Å². The summed E-state index contributed by atoms with van der Waals surface area (Å²) in [5, 5.41) is 0. The summed E-state index contributed by atoms with van der Waals surface area (Å²) in [5.41, 5.74) is 0. The minimum absolute atomic E-state index is 0.257. The summed E-state index contributed by atoms with van der Waals surface area (Å²) in [6, 6.07) is 3.78. The van der Waals surface area contributed by atoms with Gasteiger partial charge in [-0.05, 0) is 41.4 Å². The van der Waals surface area contributed by atoms with Crippen molar-refractivity contribution < 1.29 is 4.74 Å². The lowest BCUT2D eigenvalue weighted by atomic mass is 10.3. The van der Waals surface area contributed by atoms with Crippen molar-refractivity contribution in [3.05, 3.63) is 22.9 Å². The average Bonchev–Trinajstić information content (AvgIpc) is 2.09. The topological polar surface area (TPSA) is 22.1 Å². The van der Waals surface area contributed by atoms with Crippen molar-refractivity contribution in [3.8, 4) is 5.75 Å². The summed E-state index contributed by atoms with van der Waals surface area (Å²) < 4.78 is 6.37. The van der Waals surface area contributed by atoms with Crippen LogP contribution in [0.15, 0.2) is 22.9 Å². The Balaban J connectivity index is 2.58. The molecule has 3 heteroatoms. The van der Waals surface area contributed by atoms with E-state index in [1.54, 1.807) is 6.20 Å². The van der Waals surface area contributed by atoms with Crippen LogP contribution in [-0.4, -0.2) is 11.1 Å². The Hall–Kier alpha value is -0.570. The van der Waals surface area contributed by atoms with E-state index in [0.717, 1.165) is 16.8 Å². The molecule has 0 fully saturated rings. The van der Waals surface area contributed by atoms with Crippen LogP contribution >= 0.6 is 15.9 Å². The maximum Gasteiger partial charge on any atom is 0.138 e. The van der Waals surface area contributed by atoms with Gasteiger partial charge in [-0.15, -0.1) is 0 Å². The van der Waals surface area contributed by atoms with E-state index in [1.807, 2.05) is 19.1 Å². The van der Waals surface area contributed by atoms with Gasteiger partial charge in [-0.1, -0.05) is 6.92 Å². The van der Waals surface area contributed by atoms with Crippen LogP contribution in [0.2, 0.25) is 0 Å². The van der Waals surface area contributed by atoms with Crippen LogP contribution in [-0.2, 0) is 0 Å². The first kappa shape index (κ1) is 9.52. The van der Waals surface area contributed by atoms with Gasteiger partial charge >= 0.3 is 0 Å². The lowest BCUT2D eigenvalue weighted by Crippen LogP contribution is -2.09. The van der Waals surface area contributed by atoms with E-state index < -0.39 is 0 Å². The zero-order valence-electron chi connectivity index (χ0n) is 7.25. The summed E-state index contributed by atoms with van der Waals surface area (Å²) in [7, 11) is 0. The molecule has 0 aromatic carbocycles. The van der Waals surface area contributed by atoms with Gasteiger partial charge in [-0.25, -0.2) is 4.98 Å². The monoisotopic (exact) mass is 229 g/mol. The zero-order chi connectivity index (χ0) is 8.97. The normalized spacial score (nSPS) is 12.6. The predicted molar refractivity (Wildman–Crippen MR) is 52.3 cm³/mol. The molecule has 1 aromatic heterocycles. The number of hydrogen-bond acceptors (Lipinski definition) is 2. The standard InChI is InChI=1S/C9H12BrNO/c1-3-7(2)12-8-4-5-9(10)11-6-8/h4-7H,3H2,1-2H3/t7-/m1/s1. The molecule has 0 aliphatic heterocycles. The van der Waals surface area contributed by atoms with E-state index in [-0.39, 0.29) is 6.10 Å². The van der Waals surface area contributed by atoms with Crippen LogP contribution < -0.4 is 4.74 Å². The Morgan fingerprint density at radius 1 is 1.58 bits per heavy atom. The molecule has 1 aromatic rings. The third-order valence-corrected chi connectivity index (χ3v) is 2.08. The molecule has 0 amide bonds. The number of rotatable bonds is 3. The predicted octanol–water partition coefficient (Wildman–Crippen LogP) is 3.02. The van der Waals surface area contributed by atoms with Crippen LogP contribution in [0, 0.1) is 0 Å². The first-order valence-corrected chi connectivity index (χ1v) is 4.80. The fourth-order valence-electron chi connectivity index (χ4n) is 0.748. The third-order valence-electron chi connectivity index (χ3n) is 1.61. The molecule has 1 atom stereocenters. The number of pyridine rings is 1. The van der Waals surface area contributed by atoms with Crippen molar-refractivity contribution in [3.63, 3.8) is 0 Å². The molecule has 66 valence electrons. The van der Waals surface area contributed by atoms with E-state index in [9.17, 15) is 0 Å². The van der Waals surface area contributed by atoms with Gasteiger partial charge in [-0.2, -0.15) is 0 Å². The van der Waals surface area contributed by atoms with Crippen LogP contribution in [0.25, 0.3) is 0 Å². The lowest BCUT2D eigenvalue weighted by molar-refractivity contribution is 0.216. The van der Waals surface area contributed by atoms with Gasteiger partial charge in [0.1, 0.15) is 10.4 Å².